The fourth-order valence-electron chi connectivity index (χ4n) is 3.78. The molecule has 0 aromatic rings. The summed E-state index contributed by atoms with van der Waals surface area (Å²) in [6, 6.07) is 0. The van der Waals surface area contributed by atoms with E-state index >= 15 is 0 Å². The normalized spacial score (nSPS) is 25.5. The lowest BCUT2D eigenvalue weighted by molar-refractivity contribution is -0.145. The average Bonchev–Trinajstić information content (AvgIpc) is 2.99. The molecular weight excluding hydrogens is 312 g/mol. The second-order valence-corrected chi connectivity index (χ2v) is 6.70. The Morgan fingerprint density at radius 2 is 1.67 bits per heavy atom. The number of carbonyl (C=O) groups is 3. The number of aliphatic carboxylic acids is 2. The summed E-state index contributed by atoms with van der Waals surface area (Å²) >= 11 is 0. The van der Waals surface area contributed by atoms with Gasteiger partial charge in [-0.2, -0.15) is 0 Å². The highest BCUT2D eigenvalue weighted by Gasteiger charge is 2.45. The van der Waals surface area contributed by atoms with Crippen molar-refractivity contribution in [1.29, 1.82) is 0 Å². The quantitative estimate of drug-likeness (QED) is 0.571. The number of hydrogen-bond donors (Lipinski definition) is 2. The Morgan fingerprint density at radius 3 is 2.00 bits per heavy atom. The molecule has 132 valence electrons. The molecule has 0 amide bonds. The number of carbonyl (C=O) groups excluding carboxylic acids is 1. The van der Waals surface area contributed by atoms with Gasteiger partial charge in [0.1, 0.15) is 5.60 Å². The molecule has 6 heteroatoms. The van der Waals surface area contributed by atoms with Crippen LogP contribution in [-0.2, 0) is 19.1 Å². The molecule has 24 heavy (non-hydrogen) atoms. The van der Waals surface area contributed by atoms with Gasteiger partial charge in [-0.3, -0.25) is 0 Å². The van der Waals surface area contributed by atoms with Crippen molar-refractivity contribution in [1.82, 2.24) is 0 Å². The molecule has 0 aromatic carbocycles. The third-order valence-corrected chi connectivity index (χ3v) is 5.00. The Balaban J connectivity index is 0.000000177. The molecule has 3 aliphatic rings. The van der Waals surface area contributed by atoms with Gasteiger partial charge in [0.05, 0.1) is 11.1 Å². The maximum atomic E-state index is 10.8. The van der Waals surface area contributed by atoms with E-state index in [-0.39, 0.29) is 34.6 Å². The Hall–Kier alpha value is -2.11. The SMILES string of the molecule is C=CC(=O)OC1(CCC)CC1.O=C(O)C1=C(C(=O)O)C2CCC1C2. The van der Waals surface area contributed by atoms with Gasteiger partial charge < -0.3 is 14.9 Å². The molecule has 2 unspecified atom stereocenters. The molecule has 2 N–H and O–H groups in total. The molecule has 2 saturated carbocycles. The van der Waals surface area contributed by atoms with E-state index in [4.69, 9.17) is 14.9 Å². The Bertz CT molecular complexity index is 554. The monoisotopic (exact) mass is 336 g/mol. The van der Waals surface area contributed by atoms with Gasteiger partial charge in [0, 0.05) is 6.08 Å². The first-order chi connectivity index (χ1) is 11.3. The van der Waals surface area contributed by atoms with E-state index in [2.05, 4.69) is 13.5 Å². The fourth-order valence-corrected chi connectivity index (χ4v) is 3.78. The molecule has 3 aliphatic carbocycles. The van der Waals surface area contributed by atoms with Crippen LogP contribution in [0.2, 0.25) is 0 Å². The van der Waals surface area contributed by atoms with Gasteiger partial charge in [-0.25, -0.2) is 14.4 Å². The second-order valence-electron chi connectivity index (χ2n) is 6.70. The summed E-state index contributed by atoms with van der Waals surface area (Å²) in [6.07, 6.45) is 7.75. The smallest absolute Gasteiger partial charge is 0.332 e. The Morgan fingerprint density at radius 1 is 1.17 bits per heavy atom. The predicted molar refractivity (Wildman–Crippen MR) is 86.3 cm³/mol. The number of carboxylic acids is 2. The highest BCUT2D eigenvalue weighted by atomic mass is 16.6. The predicted octanol–water partition coefficient (Wildman–Crippen LogP) is 2.93. The molecule has 2 fully saturated rings. The van der Waals surface area contributed by atoms with E-state index in [1.165, 1.54) is 6.08 Å². The zero-order chi connectivity index (χ0) is 17.9. The maximum Gasteiger partial charge on any atom is 0.332 e. The van der Waals surface area contributed by atoms with Crippen LogP contribution in [0.4, 0.5) is 0 Å². The van der Waals surface area contributed by atoms with Crippen LogP contribution in [0.1, 0.15) is 51.9 Å². The standard InChI is InChI=1S/C9H10O4.C9H14O2/c10-8(11)6-4-1-2-5(3-4)7(6)9(12)13;1-3-5-9(6-7-9)11-8(10)4-2/h4-5H,1-3H2,(H,10,11)(H,12,13);4H,2-3,5-7H2,1H3. The van der Waals surface area contributed by atoms with Crippen LogP contribution < -0.4 is 0 Å². The van der Waals surface area contributed by atoms with Gasteiger partial charge in [0.15, 0.2) is 0 Å². The van der Waals surface area contributed by atoms with Crippen molar-refractivity contribution in [2.45, 2.75) is 57.5 Å². The molecule has 0 radical (unpaired) electrons. The minimum Gasteiger partial charge on any atom is -0.478 e. The molecule has 0 aromatic heterocycles. The number of carboxylic acid groups (broad SMARTS) is 2. The topological polar surface area (TPSA) is 101 Å². The number of esters is 1. The molecule has 0 saturated heterocycles. The van der Waals surface area contributed by atoms with Crippen LogP contribution in [0.25, 0.3) is 0 Å². The van der Waals surface area contributed by atoms with Crippen molar-refractivity contribution < 1.29 is 29.3 Å². The van der Waals surface area contributed by atoms with Gasteiger partial charge in [0.2, 0.25) is 0 Å². The van der Waals surface area contributed by atoms with E-state index in [1.54, 1.807) is 0 Å². The van der Waals surface area contributed by atoms with Crippen molar-refractivity contribution in [3.8, 4) is 0 Å². The molecule has 6 nitrogen and oxygen atoms in total. The summed E-state index contributed by atoms with van der Waals surface area (Å²) in [6.45, 7) is 5.46. The molecule has 0 aliphatic heterocycles. The minimum atomic E-state index is -1.05. The van der Waals surface area contributed by atoms with Crippen LogP contribution >= 0.6 is 0 Å². The van der Waals surface area contributed by atoms with Crippen molar-refractivity contribution in [2.75, 3.05) is 0 Å². The summed E-state index contributed by atoms with van der Waals surface area (Å²) in [5, 5.41) is 17.7. The molecule has 3 rings (SSSR count). The highest BCUT2D eigenvalue weighted by Crippen LogP contribution is 2.48. The van der Waals surface area contributed by atoms with Crippen LogP contribution in [0.15, 0.2) is 23.8 Å². The van der Waals surface area contributed by atoms with Gasteiger partial charge in [-0.05, 0) is 50.4 Å². The number of hydrogen-bond acceptors (Lipinski definition) is 4. The number of rotatable bonds is 6. The lowest BCUT2D eigenvalue weighted by Crippen LogP contribution is -2.17. The summed E-state index contributed by atoms with van der Waals surface area (Å²) in [5.74, 6) is -2.40. The third kappa shape index (κ3) is 3.86. The average molecular weight is 336 g/mol. The van der Waals surface area contributed by atoms with E-state index < -0.39 is 11.9 Å². The van der Waals surface area contributed by atoms with Gasteiger partial charge in [-0.1, -0.05) is 19.9 Å². The Kier molecular flexibility index (Phi) is 5.47. The van der Waals surface area contributed by atoms with Gasteiger partial charge in [-0.15, -0.1) is 0 Å². The minimum absolute atomic E-state index is 0.00593. The van der Waals surface area contributed by atoms with Crippen LogP contribution in [0.3, 0.4) is 0 Å². The molecule has 0 spiro atoms. The molecule has 2 bridgehead atoms. The van der Waals surface area contributed by atoms with E-state index in [9.17, 15) is 14.4 Å². The van der Waals surface area contributed by atoms with E-state index in [0.29, 0.717) is 0 Å². The number of fused-ring (bicyclic) bond motifs is 2. The molecular formula is C18H24O6. The van der Waals surface area contributed by atoms with Crippen LogP contribution in [-0.4, -0.2) is 33.7 Å². The first kappa shape index (κ1) is 18.2. The first-order valence-corrected chi connectivity index (χ1v) is 8.39. The summed E-state index contributed by atoms with van der Waals surface area (Å²) in [5.41, 5.74) is 0.215. The van der Waals surface area contributed by atoms with Crippen molar-refractivity contribution in [2.24, 2.45) is 11.8 Å². The van der Waals surface area contributed by atoms with Gasteiger partial charge in [0.25, 0.3) is 0 Å². The second kappa shape index (κ2) is 7.20. The summed E-state index contributed by atoms with van der Waals surface area (Å²) in [7, 11) is 0. The van der Waals surface area contributed by atoms with Crippen LogP contribution in [0, 0.1) is 11.8 Å². The zero-order valence-corrected chi connectivity index (χ0v) is 13.9. The third-order valence-electron chi connectivity index (χ3n) is 5.00. The molecule has 2 atom stereocenters. The van der Waals surface area contributed by atoms with Crippen molar-refractivity contribution in [3.63, 3.8) is 0 Å². The summed E-state index contributed by atoms with van der Waals surface area (Å²) in [4.78, 5) is 32.4. The fraction of sp³-hybridized carbons (Fsp3) is 0.611. The van der Waals surface area contributed by atoms with Crippen molar-refractivity contribution in [3.05, 3.63) is 23.8 Å². The van der Waals surface area contributed by atoms with E-state index in [1.807, 2.05) is 0 Å². The first-order valence-electron chi connectivity index (χ1n) is 8.39. The largest absolute Gasteiger partial charge is 0.478 e. The number of ether oxygens (including phenoxy) is 1. The zero-order valence-electron chi connectivity index (χ0n) is 13.9. The lowest BCUT2D eigenvalue weighted by Gasteiger charge is -2.13. The Labute approximate surface area is 141 Å². The summed E-state index contributed by atoms with van der Waals surface area (Å²) < 4.78 is 5.18. The maximum absolute atomic E-state index is 10.8. The van der Waals surface area contributed by atoms with E-state index in [0.717, 1.165) is 44.9 Å². The molecule has 0 heterocycles. The van der Waals surface area contributed by atoms with Crippen LogP contribution in [0.5, 0.6) is 0 Å². The lowest BCUT2D eigenvalue weighted by atomic mass is 9.92. The highest BCUT2D eigenvalue weighted by molar-refractivity contribution is 6.01. The van der Waals surface area contributed by atoms with Crippen molar-refractivity contribution >= 4 is 17.9 Å². The van der Waals surface area contributed by atoms with Gasteiger partial charge >= 0.3 is 17.9 Å².